The van der Waals surface area contributed by atoms with Crippen LogP contribution in [0.5, 0.6) is 0 Å². The minimum Gasteiger partial charge on any atom is -0.319 e. The quantitative estimate of drug-likeness (QED) is 0.137. The summed E-state index contributed by atoms with van der Waals surface area (Å²) in [7, 11) is -2.32. The third kappa shape index (κ3) is 7.17. The van der Waals surface area contributed by atoms with Crippen molar-refractivity contribution >= 4 is 12.4 Å². The first-order chi connectivity index (χ1) is 28.8. The standard InChI is InChI=1S/C54H46N3OP/c1-59(2,58)50-30-25-40(26-31-50)44-18-11-21-48(35-44)54(36-37-22-27-49(54)32-37)47-28-23-41(24-29-47)51-55-52(45-19-9-16-42(33-45)38-12-5-3-6-13-38)57-53(56-51)46-20-10-17-43(34-46)39-14-7-4-8-15-39/h3-21,23-26,28-31,33-35,37,49H,22,27,32,36H2,1-2H3. The fourth-order valence-corrected chi connectivity index (χ4v) is 10.7. The highest BCUT2D eigenvalue weighted by molar-refractivity contribution is 7.70. The Bertz CT molecular complexity index is 2730. The highest BCUT2D eigenvalue weighted by Crippen LogP contribution is 2.60. The first-order valence-electron chi connectivity index (χ1n) is 20.8. The molecule has 2 fully saturated rings. The lowest BCUT2D eigenvalue weighted by Gasteiger charge is -2.39. The highest BCUT2D eigenvalue weighted by Gasteiger charge is 2.52. The predicted molar refractivity (Wildman–Crippen MR) is 244 cm³/mol. The van der Waals surface area contributed by atoms with Crippen LogP contribution in [0.3, 0.4) is 0 Å². The van der Waals surface area contributed by atoms with Gasteiger partial charge in [-0.25, -0.2) is 15.0 Å². The molecule has 8 aromatic rings. The molecule has 3 atom stereocenters. The largest absolute Gasteiger partial charge is 0.319 e. The van der Waals surface area contributed by atoms with E-state index in [0.29, 0.717) is 23.4 Å². The van der Waals surface area contributed by atoms with Crippen LogP contribution in [0, 0.1) is 11.8 Å². The van der Waals surface area contributed by atoms with E-state index in [2.05, 4.69) is 158 Å². The predicted octanol–water partition coefficient (Wildman–Crippen LogP) is 13.2. The number of hydrogen-bond donors (Lipinski definition) is 0. The number of rotatable bonds is 9. The van der Waals surface area contributed by atoms with E-state index in [1.807, 2.05) is 37.6 Å². The van der Waals surface area contributed by atoms with Crippen molar-refractivity contribution in [3.63, 3.8) is 0 Å². The van der Waals surface area contributed by atoms with Gasteiger partial charge in [0.1, 0.15) is 7.14 Å². The van der Waals surface area contributed by atoms with Crippen LogP contribution >= 0.6 is 7.14 Å². The number of benzene rings is 7. The summed E-state index contributed by atoms with van der Waals surface area (Å²) < 4.78 is 12.8. The molecule has 0 N–H and O–H groups in total. The molecule has 0 aliphatic heterocycles. The zero-order valence-electron chi connectivity index (χ0n) is 33.5. The van der Waals surface area contributed by atoms with Gasteiger partial charge in [0.15, 0.2) is 17.5 Å². The van der Waals surface area contributed by atoms with Gasteiger partial charge < -0.3 is 4.57 Å². The molecule has 288 valence electrons. The molecule has 1 heterocycles. The molecule has 2 aliphatic carbocycles. The average molecular weight is 784 g/mol. The second-order valence-corrected chi connectivity index (χ2v) is 20.0. The molecule has 0 radical (unpaired) electrons. The smallest absolute Gasteiger partial charge is 0.164 e. The zero-order chi connectivity index (χ0) is 40.0. The van der Waals surface area contributed by atoms with E-state index in [9.17, 15) is 4.57 Å². The summed E-state index contributed by atoms with van der Waals surface area (Å²) in [6.07, 6.45) is 4.99. The number of fused-ring (bicyclic) bond motifs is 2. The van der Waals surface area contributed by atoms with Crippen LogP contribution in [0.2, 0.25) is 0 Å². The Hall–Kier alpha value is -6.22. The summed E-state index contributed by atoms with van der Waals surface area (Å²) in [6.45, 7) is 3.67. The van der Waals surface area contributed by atoms with Crippen molar-refractivity contribution in [3.05, 3.63) is 193 Å². The van der Waals surface area contributed by atoms with Gasteiger partial charge in [-0.1, -0.05) is 176 Å². The van der Waals surface area contributed by atoms with Gasteiger partial charge in [-0.2, -0.15) is 0 Å². The maximum atomic E-state index is 12.8. The van der Waals surface area contributed by atoms with Gasteiger partial charge in [0, 0.05) is 27.4 Å². The summed E-state index contributed by atoms with van der Waals surface area (Å²) in [5.41, 5.74) is 12.4. The Balaban J connectivity index is 1.05. The molecule has 59 heavy (non-hydrogen) atoms. The van der Waals surface area contributed by atoms with Gasteiger partial charge in [0.2, 0.25) is 0 Å². The molecule has 0 amide bonds. The fraction of sp³-hybridized carbons (Fsp3) is 0.167. The number of hydrogen-bond acceptors (Lipinski definition) is 4. The minimum absolute atomic E-state index is 0.0644. The Morgan fingerprint density at radius 1 is 0.441 bits per heavy atom. The van der Waals surface area contributed by atoms with Crippen LogP contribution < -0.4 is 5.30 Å². The van der Waals surface area contributed by atoms with Crippen LogP contribution in [0.4, 0.5) is 0 Å². The maximum Gasteiger partial charge on any atom is 0.164 e. The molecule has 10 rings (SSSR count). The van der Waals surface area contributed by atoms with Gasteiger partial charge in [-0.3, -0.25) is 0 Å². The average Bonchev–Trinajstić information content (AvgIpc) is 3.93. The van der Waals surface area contributed by atoms with Crippen LogP contribution in [0.15, 0.2) is 182 Å². The first kappa shape index (κ1) is 37.1. The van der Waals surface area contributed by atoms with Gasteiger partial charge in [-0.05, 0) is 101 Å². The van der Waals surface area contributed by atoms with Crippen LogP contribution in [0.1, 0.15) is 36.8 Å². The Morgan fingerprint density at radius 3 is 1.41 bits per heavy atom. The van der Waals surface area contributed by atoms with E-state index in [1.165, 1.54) is 36.0 Å². The van der Waals surface area contributed by atoms with Crippen molar-refractivity contribution < 1.29 is 4.57 Å². The summed E-state index contributed by atoms with van der Waals surface area (Å²) >= 11 is 0. The molecule has 7 aromatic carbocycles. The van der Waals surface area contributed by atoms with E-state index in [0.717, 1.165) is 62.2 Å². The van der Waals surface area contributed by atoms with E-state index < -0.39 is 7.14 Å². The Labute approximate surface area is 347 Å². The second kappa shape index (κ2) is 15.2. The summed E-state index contributed by atoms with van der Waals surface area (Å²) in [5.74, 6) is 3.27. The molecular formula is C54H46N3OP. The molecular weight excluding hydrogens is 738 g/mol. The van der Waals surface area contributed by atoms with Crippen molar-refractivity contribution in [3.8, 4) is 67.5 Å². The highest BCUT2D eigenvalue weighted by atomic mass is 31.2. The lowest BCUT2D eigenvalue weighted by atomic mass is 9.64. The van der Waals surface area contributed by atoms with E-state index in [-0.39, 0.29) is 5.41 Å². The third-order valence-electron chi connectivity index (χ3n) is 12.8. The van der Waals surface area contributed by atoms with Crippen molar-refractivity contribution in [1.29, 1.82) is 0 Å². The van der Waals surface area contributed by atoms with Crippen molar-refractivity contribution in [2.45, 2.75) is 31.1 Å². The van der Waals surface area contributed by atoms with Crippen LogP contribution in [0.25, 0.3) is 67.5 Å². The summed E-state index contributed by atoms with van der Waals surface area (Å²) in [6, 6.07) is 64.5. The second-order valence-electron chi connectivity index (χ2n) is 16.8. The first-order valence-corrected chi connectivity index (χ1v) is 23.4. The molecule has 2 aliphatic rings. The molecule has 3 unspecified atom stereocenters. The lowest BCUT2D eigenvalue weighted by Crippen LogP contribution is -2.34. The SMILES string of the molecule is CP(C)(=O)c1ccc(-c2cccc(C3(c4ccc(-c5nc(-c6cccc(-c7ccccc7)c6)nc(-c6cccc(-c7ccccc7)c6)n5)cc4)CC4CCC3C4)c2)cc1. The van der Waals surface area contributed by atoms with Gasteiger partial charge in [0.05, 0.1) is 0 Å². The number of nitrogens with zero attached hydrogens (tertiary/aromatic N) is 3. The van der Waals surface area contributed by atoms with Gasteiger partial charge in [0.25, 0.3) is 0 Å². The van der Waals surface area contributed by atoms with Crippen molar-refractivity contribution in [2.24, 2.45) is 11.8 Å². The van der Waals surface area contributed by atoms with Crippen molar-refractivity contribution in [1.82, 2.24) is 15.0 Å². The van der Waals surface area contributed by atoms with Gasteiger partial charge >= 0.3 is 0 Å². The zero-order valence-corrected chi connectivity index (χ0v) is 34.4. The van der Waals surface area contributed by atoms with E-state index in [1.54, 1.807) is 0 Å². The summed E-state index contributed by atoms with van der Waals surface area (Å²) in [5, 5.41) is 0.917. The molecule has 2 bridgehead atoms. The molecule has 1 aromatic heterocycles. The monoisotopic (exact) mass is 783 g/mol. The van der Waals surface area contributed by atoms with E-state index >= 15 is 0 Å². The molecule has 0 saturated heterocycles. The fourth-order valence-electron chi connectivity index (χ4n) is 9.81. The molecule has 5 heteroatoms. The number of aromatic nitrogens is 3. The topological polar surface area (TPSA) is 55.7 Å². The molecule has 0 spiro atoms. The lowest BCUT2D eigenvalue weighted by molar-refractivity contribution is 0.320. The third-order valence-corrected chi connectivity index (χ3v) is 14.3. The molecule has 4 nitrogen and oxygen atoms in total. The van der Waals surface area contributed by atoms with E-state index in [4.69, 9.17) is 15.0 Å². The summed E-state index contributed by atoms with van der Waals surface area (Å²) in [4.78, 5) is 15.5. The minimum atomic E-state index is -2.32. The van der Waals surface area contributed by atoms with Crippen LogP contribution in [-0.4, -0.2) is 28.3 Å². The Kier molecular flexibility index (Phi) is 9.54. The normalized spacial score (nSPS) is 18.5. The Morgan fingerprint density at radius 2 is 0.898 bits per heavy atom. The van der Waals surface area contributed by atoms with Crippen molar-refractivity contribution in [2.75, 3.05) is 13.3 Å². The van der Waals surface area contributed by atoms with Crippen LogP contribution in [-0.2, 0) is 9.98 Å². The molecule has 2 saturated carbocycles. The maximum absolute atomic E-state index is 12.8. The van der Waals surface area contributed by atoms with Gasteiger partial charge in [-0.15, -0.1) is 0 Å².